The lowest BCUT2D eigenvalue weighted by molar-refractivity contribution is 0.0724. The van der Waals surface area contributed by atoms with Gasteiger partial charge in [-0.2, -0.15) is 4.31 Å². The number of sulfonamides is 1. The zero-order valence-corrected chi connectivity index (χ0v) is 15.7. The van der Waals surface area contributed by atoms with E-state index in [1.54, 1.807) is 28.6 Å². The van der Waals surface area contributed by atoms with Crippen LogP contribution in [-0.2, 0) is 10.0 Å². The Morgan fingerprint density at radius 1 is 0.920 bits per heavy atom. The van der Waals surface area contributed by atoms with Crippen LogP contribution in [0.3, 0.4) is 0 Å². The van der Waals surface area contributed by atoms with Gasteiger partial charge in [0.1, 0.15) is 0 Å². The Kier molecular flexibility index (Phi) is 5.76. The third-order valence-corrected chi connectivity index (χ3v) is 7.07. The van der Waals surface area contributed by atoms with Gasteiger partial charge < -0.3 is 9.80 Å². The minimum absolute atomic E-state index is 0.000193. The predicted molar refractivity (Wildman–Crippen MR) is 97.1 cm³/mol. The molecule has 1 aromatic carbocycles. The van der Waals surface area contributed by atoms with Crippen LogP contribution in [-0.4, -0.2) is 74.2 Å². The summed E-state index contributed by atoms with van der Waals surface area (Å²) in [4.78, 5) is 16.9. The van der Waals surface area contributed by atoms with Crippen molar-refractivity contribution in [3.8, 4) is 0 Å². The van der Waals surface area contributed by atoms with Crippen LogP contribution in [0.1, 0.15) is 36.5 Å². The van der Waals surface area contributed by atoms with Gasteiger partial charge in [0.15, 0.2) is 0 Å². The van der Waals surface area contributed by atoms with Crippen molar-refractivity contribution in [2.75, 3.05) is 45.8 Å². The summed E-state index contributed by atoms with van der Waals surface area (Å²) in [6.07, 6.45) is 3.26. The third kappa shape index (κ3) is 4.04. The Morgan fingerprint density at radius 3 is 2.08 bits per heavy atom. The number of benzene rings is 1. The number of hydrogen-bond donors (Lipinski definition) is 0. The van der Waals surface area contributed by atoms with Crippen molar-refractivity contribution in [1.29, 1.82) is 0 Å². The molecule has 0 spiro atoms. The van der Waals surface area contributed by atoms with Gasteiger partial charge >= 0.3 is 0 Å². The van der Waals surface area contributed by atoms with Crippen LogP contribution in [0, 0.1) is 0 Å². The lowest BCUT2D eigenvalue weighted by atomic mass is 10.1. The van der Waals surface area contributed by atoms with Crippen molar-refractivity contribution in [2.45, 2.75) is 31.1 Å². The normalized spacial score (nSPS) is 20.6. The SMILES string of the molecule is CCN1CCN(S(=O)(=O)c2ccc(C(=O)N3CCCCC3)cc2)CC1. The van der Waals surface area contributed by atoms with E-state index in [0.717, 1.165) is 45.6 Å². The van der Waals surface area contributed by atoms with Crippen LogP contribution in [0.2, 0.25) is 0 Å². The highest BCUT2D eigenvalue weighted by Crippen LogP contribution is 2.20. The molecular weight excluding hydrogens is 338 g/mol. The van der Waals surface area contributed by atoms with E-state index >= 15 is 0 Å². The summed E-state index contributed by atoms with van der Waals surface area (Å²) in [5, 5.41) is 0. The minimum atomic E-state index is -3.48. The highest BCUT2D eigenvalue weighted by Gasteiger charge is 2.28. The summed E-state index contributed by atoms with van der Waals surface area (Å²) in [6.45, 7) is 7.18. The van der Waals surface area contributed by atoms with Crippen LogP contribution in [0.15, 0.2) is 29.2 Å². The van der Waals surface area contributed by atoms with Crippen molar-refractivity contribution < 1.29 is 13.2 Å². The lowest BCUT2D eigenvalue weighted by Crippen LogP contribution is -2.48. The predicted octanol–water partition coefficient (Wildman–Crippen LogP) is 1.64. The van der Waals surface area contributed by atoms with Crippen molar-refractivity contribution in [1.82, 2.24) is 14.1 Å². The number of piperazine rings is 1. The number of rotatable bonds is 4. The van der Waals surface area contributed by atoms with Gasteiger partial charge in [-0.05, 0) is 50.1 Å². The highest BCUT2D eigenvalue weighted by molar-refractivity contribution is 7.89. The van der Waals surface area contributed by atoms with Gasteiger partial charge in [-0.15, -0.1) is 0 Å². The van der Waals surface area contributed by atoms with Crippen LogP contribution in [0.25, 0.3) is 0 Å². The average molecular weight is 365 g/mol. The number of hydrogen-bond acceptors (Lipinski definition) is 4. The van der Waals surface area contributed by atoms with Crippen LogP contribution in [0.5, 0.6) is 0 Å². The number of carbonyl (C=O) groups is 1. The zero-order chi connectivity index (χ0) is 17.9. The van der Waals surface area contributed by atoms with Crippen molar-refractivity contribution in [2.24, 2.45) is 0 Å². The molecule has 2 saturated heterocycles. The van der Waals surface area contributed by atoms with Crippen molar-refractivity contribution >= 4 is 15.9 Å². The van der Waals surface area contributed by atoms with Gasteiger partial charge in [0.2, 0.25) is 10.0 Å². The second-order valence-electron chi connectivity index (χ2n) is 6.72. The first-order chi connectivity index (χ1) is 12.0. The van der Waals surface area contributed by atoms with E-state index in [1.807, 2.05) is 4.90 Å². The molecule has 138 valence electrons. The fourth-order valence-corrected chi connectivity index (χ4v) is 4.91. The number of likely N-dealkylation sites (N-methyl/N-ethyl adjacent to an activating group) is 1. The maximum Gasteiger partial charge on any atom is 0.253 e. The number of likely N-dealkylation sites (tertiary alicyclic amines) is 1. The van der Waals surface area contributed by atoms with Gasteiger partial charge in [0.25, 0.3) is 5.91 Å². The second kappa shape index (κ2) is 7.85. The molecule has 2 heterocycles. The summed E-state index contributed by atoms with van der Waals surface area (Å²) in [6, 6.07) is 6.43. The largest absolute Gasteiger partial charge is 0.339 e. The summed E-state index contributed by atoms with van der Waals surface area (Å²) in [5.41, 5.74) is 0.566. The number of piperidine rings is 1. The number of carbonyl (C=O) groups excluding carboxylic acids is 1. The Hall–Kier alpha value is -1.44. The molecular formula is C18H27N3O3S. The molecule has 1 amide bonds. The Balaban J connectivity index is 1.70. The molecule has 7 heteroatoms. The Morgan fingerprint density at radius 2 is 1.52 bits per heavy atom. The molecule has 0 N–H and O–H groups in total. The smallest absolute Gasteiger partial charge is 0.253 e. The van der Waals surface area contributed by atoms with E-state index < -0.39 is 10.0 Å². The molecule has 1 aromatic rings. The molecule has 3 rings (SSSR count). The third-order valence-electron chi connectivity index (χ3n) is 5.16. The van der Waals surface area contributed by atoms with E-state index in [9.17, 15) is 13.2 Å². The van der Waals surface area contributed by atoms with Gasteiger partial charge in [-0.3, -0.25) is 4.79 Å². The molecule has 0 unspecified atom stereocenters. The van der Waals surface area contributed by atoms with Crippen molar-refractivity contribution in [3.63, 3.8) is 0 Å². The fraction of sp³-hybridized carbons (Fsp3) is 0.611. The van der Waals surface area contributed by atoms with Gasteiger partial charge in [-0.25, -0.2) is 8.42 Å². The monoisotopic (exact) mass is 365 g/mol. The van der Waals surface area contributed by atoms with Gasteiger partial charge in [0.05, 0.1) is 4.90 Å². The fourth-order valence-electron chi connectivity index (χ4n) is 3.48. The first-order valence-electron chi connectivity index (χ1n) is 9.14. The summed E-state index contributed by atoms with van der Waals surface area (Å²) in [5.74, 6) is 0.000193. The van der Waals surface area contributed by atoms with E-state index in [1.165, 1.54) is 6.42 Å². The summed E-state index contributed by atoms with van der Waals surface area (Å²) >= 11 is 0. The van der Waals surface area contributed by atoms with Gasteiger partial charge in [0, 0.05) is 44.8 Å². The van der Waals surface area contributed by atoms with Crippen LogP contribution in [0.4, 0.5) is 0 Å². The molecule has 0 bridgehead atoms. The van der Waals surface area contributed by atoms with E-state index in [0.29, 0.717) is 18.7 Å². The molecule has 2 aliphatic rings. The Bertz CT molecular complexity index is 689. The Labute approximate surface area is 150 Å². The standard InChI is InChI=1S/C18H27N3O3S/c1-2-19-12-14-21(15-13-19)25(23,24)17-8-6-16(7-9-17)18(22)20-10-4-3-5-11-20/h6-9H,2-5,10-15H2,1H3. The second-order valence-corrected chi connectivity index (χ2v) is 8.65. The topological polar surface area (TPSA) is 60.9 Å². The van der Waals surface area contributed by atoms with Crippen molar-refractivity contribution in [3.05, 3.63) is 29.8 Å². The van der Waals surface area contributed by atoms with Gasteiger partial charge in [-0.1, -0.05) is 6.92 Å². The molecule has 0 saturated carbocycles. The molecule has 0 radical (unpaired) electrons. The molecule has 6 nitrogen and oxygen atoms in total. The van der Waals surface area contributed by atoms with E-state index in [4.69, 9.17) is 0 Å². The molecule has 2 fully saturated rings. The zero-order valence-electron chi connectivity index (χ0n) is 14.9. The minimum Gasteiger partial charge on any atom is -0.339 e. The maximum atomic E-state index is 12.8. The number of nitrogens with zero attached hydrogens (tertiary/aromatic N) is 3. The summed E-state index contributed by atoms with van der Waals surface area (Å²) < 4.78 is 27.1. The highest BCUT2D eigenvalue weighted by atomic mass is 32.2. The van der Waals surface area contributed by atoms with Crippen LogP contribution >= 0.6 is 0 Å². The molecule has 0 aliphatic carbocycles. The first kappa shape index (κ1) is 18.4. The first-order valence-corrected chi connectivity index (χ1v) is 10.6. The van der Waals surface area contributed by atoms with E-state index in [2.05, 4.69) is 11.8 Å². The lowest BCUT2D eigenvalue weighted by Gasteiger charge is -2.33. The molecule has 25 heavy (non-hydrogen) atoms. The van der Waals surface area contributed by atoms with E-state index in [-0.39, 0.29) is 10.8 Å². The molecule has 0 atom stereocenters. The van der Waals surface area contributed by atoms with Crippen LogP contribution < -0.4 is 0 Å². The average Bonchev–Trinajstić information content (AvgIpc) is 2.68. The molecule has 0 aromatic heterocycles. The summed E-state index contributed by atoms with van der Waals surface area (Å²) in [7, 11) is -3.48. The maximum absolute atomic E-state index is 12.8. The number of amides is 1. The quantitative estimate of drug-likeness (QED) is 0.814. The molecule has 2 aliphatic heterocycles.